The van der Waals surface area contributed by atoms with Gasteiger partial charge in [-0.15, -0.1) is 0 Å². The van der Waals surface area contributed by atoms with Crippen molar-refractivity contribution in [3.05, 3.63) is 125 Å². The molecule has 0 saturated heterocycles. The largest absolute Gasteiger partial charge is 0.322 e. The molecule has 0 heterocycles. The molecule has 4 aromatic carbocycles. The highest BCUT2D eigenvalue weighted by molar-refractivity contribution is 7.92. The maximum atomic E-state index is 13.7. The summed E-state index contributed by atoms with van der Waals surface area (Å²) in [4.78, 5) is 13.5. The van der Waals surface area contributed by atoms with E-state index in [4.69, 9.17) is 11.6 Å². The quantitative estimate of drug-likeness (QED) is 0.330. The van der Waals surface area contributed by atoms with Crippen molar-refractivity contribution in [1.29, 1.82) is 0 Å². The number of hydrogen-bond acceptors (Lipinski definition) is 3. The average molecular weight is 491 g/mol. The van der Waals surface area contributed by atoms with Gasteiger partial charge in [0.2, 0.25) is 0 Å². The third-order valence-corrected chi connectivity index (χ3v) is 7.36. The Balaban J connectivity index is 1.78. The fourth-order valence-electron chi connectivity index (χ4n) is 3.61. The van der Waals surface area contributed by atoms with E-state index >= 15 is 0 Å². The zero-order valence-electron chi connectivity index (χ0n) is 18.5. The number of aryl methyl sites for hydroxylation is 1. The maximum absolute atomic E-state index is 13.7. The minimum Gasteiger partial charge on any atom is -0.322 e. The number of benzene rings is 4. The molecule has 172 valence electrons. The highest BCUT2D eigenvalue weighted by Gasteiger charge is 2.28. The summed E-state index contributed by atoms with van der Waals surface area (Å²) in [5, 5.41) is 3.45. The van der Waals surface area contributed by atoms with Gasteiger partial charge in [-0.25, -0.2) is 8.42 Å². The lowest BCUT2D eigenvalue weighted by Crippen LogP contribution is -2.32. The van der Waals surface area contributed by atoms with Crippen molar-refractivity contribution in [3.63, 3.8) is 0 Å². The van der Waals surface area contributed by atoms with Gasteiger partial charge < -0.3 is 5.32 Å². The van der Waals surface area contributed by atoms with Crippen LogP contribution in [0.1, 0.15) is 21.5 Å². The molecule has 0 aliphatic heterocycles. The minimum absolute atomic E-state index is 0.0718. The van der Waals surface area contributed by atoms with Crippen LogP contribution in [0.4, 0.5) is 11.4 Å². The summed E-state index contributed by atoms with van der Waals surface area (Å²) in [6.07, 6.45) is 0. The second kappa shape index (κ2) is 10.1. The Hall–Kier alpha value is -3.61. The van der Waals surface area contributed by atoms with Gasteiger partial charge in [0.25, 0.3) is 15.9 Å². The zero-order valence-corrected chi connectivity index (χ0v) is 20.1. The van der Waals surface area contributed by atoms with Gasteiger partial charge in [0.15, 0.2) is 0 Å². The second-order valence-corrected chi connectivity index (χ2v) is 10.0. The summed E-state index contributed by atoms with van der Waals surface area (Å²) < 4.78 is 28.8. The van der Waals surface area contributed by atoms with Crippen LogP contribution in [0.3, 0.4) is 0 Å². The number of carbonyl (C=O) groups excluding carboxylic acids is 1. The van der Waals surface area contributed by atoms with Gasteiger partial charge in [-0.3, -0.25) is 9.10 Å². The second-order valence-electron chi connectivity index (χ2n) is 7.74. The van der Waals surface area contributed by atoms with E-state index in [1.165, 1.54) is 4.31 Å². The number of anilines is 2. The predicted octanol–water partition coefficient (Wildman–Crippen LogP) is 6.30. The molecule has 0 aromatic heterocycles. The number of amides is 1. The topological polar surface area (TPSA) is 66.5 Å². The number of nitrogens with one attached hydrogen (secondary N) is 1. The van der Waals surface area contributed by atoms with Crippen LogP contribution in [0.15, 0.2) is 108 Å². The molecule has 4 aromatic rings. The molecule has 0 radical (unpaired) electrons. The third-order valence-electron chi connectivity index (χ3n) is 5.35. The van der Waals surface area contributed by atoms with E-state index in [2.05, 4.69) is 5.32 Å². The number of halogens is 1. The standard InChI is InChI=1S/C27H23ClN2O3S/c1-20-18-22(28)16-17-25(20)29-27(31)24-14-8-9-15-26(24)30(19-21-10-4-2-5-11-21)34(32,33)23-12-6-3-7-13-23/h2-18H,19H2,1H3,(H,29,31). The summed E-state index contributed by atoms with van der Waals surface area (Å²) >= 11 is 6.04. The molecule has 4 rings (SSSR count). The number of sulfonamides is 1. The van der Waals surface area contributed by atoms with E-state index in [1.54, 1.807) is 72.8 Å². The Bertz CT molecular complexity index is 1410. The average Bonchev–Trinajstić information content (AvgIpc) is 2.85. The molecule has 5 nitrogen and oxygen atoms in total. The minimum atomic E-state index is -3.96. The van der Waals surface area contributed by atoms with Crippen molar-refractivity contribution < 1.29 is 13.2 Å². The molecule has 0 saturated carbocycles. The molecule has 0 spiro atoms. The van der Waals surface area contributed by atoms with Gasteiger partial charge >= 0.3 is 0 Å². The van der Waals surface area contributed by atoms with Crippen LogP contribution in [-0.2, 0) is 16.6 Å². The number of para-hydroxylation sites is 1. The SMILES string of the molecule is Cc1cc(Cl)ccc1NC(=O)c1ccccc1N(Cc1ccccc1)S(=O)(=O)c1ccccc1. The fourth-order valence-corrected chi connectivity index (χ4v) is 5.33. The maximum Gasteiger partial charge on any atom is 0.264 e. The zero-order chi connectivity index (χ0) is 24.1. The van der Waals surface area contributed by atoms with Crippen LogP contribution in [0.5, 0.6) is 0 Å². The van der Waals surface area contributed by atoms with Crippen LogP contribution in [-0.4, -0.2) is 14.3 Å². The smallest absolute Gasteiger partial charge is 0.264 e. The van der Waals surface area contributed by atoms with Crippen LogP contribution in [0, 0.1) is 6.92 Å². The fraction of sp³-hybridized carbons (Fsp3) is 0.0741. The Morgan fingerprint density at radius 1 is 0.853 bits per heavy atom. The van der Waals surface area contributed by atoms with Gasteiger partial charge in [-0.2, -0.15) is 0 Å². The number of nitrogens with zero attached hydrogens (tertiary/aromatic N) is 1. The first-order chi connectivity index (χ1) is 16.4. The lowest BCUT2D eigenvalue weighted by atomic mass is 10.1. The van der Waals surface area contributed by atoms with E-state index in [0.717, 1.165) is 11.1 Å². The van der Waals surface area contributed by atoms with Crippen molar-refractivity contribution >= 4 is 38.9 Å². The predicted molar refractivity (Wildman–Crippen MR) is 137 cm³/mol. The van der Waals surface area contributed by atoms with Crippen LogP contribution in [0.25, 0.3) is 0 Å². The van der Waals surface area contributed by atoms with E-state index in [9.17, 15) is 13.2 Å². The molecule has 0 unspecified atom stereocenters. The van der Waals surface area contributed by atoms with Gasteiger partial charge in [0.1, 0.15) is 0 Å². The molecule has 0 fully saturated rings. The molecule has 0 aliphatic carbocycles. The highest BCUT2D eigenvalue weighted by Crippen LogP contribution is 2.30. The highest BCUT2D eigenvalue weighted by atomic mass is 35.5. The van der Waals surface area contributed by atoms with Gasteiger partial charge in [-0.1, -0.05) is 72.3 Å². The molecule has 0 aliphatic rings. The van der Waals surface area contributed by atoms with Crippen molar-refractivity contribution in [2.75, 3.05) is 9.62 Å². The van der Waals surface area contributed by atoms with Crippen molar-refractivity contribution in [3.8, 4) is 0 Å². The molecule has 0 atom stereocenters. The summed E-state index contributed by atoms with van der Waals surface area (Å²) in [5.74, 6) is -0.414. The summed E-state index contributed by atoms with van der Waals surface area (Å²) in [5.41, 5.74) is 2.73. The molecular formula is C27H23ClN2O3S. The van der Waals surface area contributed by atoms with Gasteiger partial charge in [-0.05, 0) is 60.5 Å². The summed E-state index contributed by atoms with van der Waals surface area (Å²) in [6.45, 7) is 1.91. The van der Waals surface area contributed by atoms with Gasteiger partial charge in [0.05, 0.1) is 22.7 Å². The summed E-state index contributed by atoms with van der Waals surface area (Å²) in [7, 11) is -3.96. The molecule has 7 heteroatoms. The first kappa shape index (κ1) is 23.5. The first-order valence-corrected chi connectivity index (χ1v) is 12.5. The van der Waals surface area contributed by atoms with Crippen LogP contribution >= 0.6 is 11.6 Å². The Morgan fingerprint density at radius 2 is 1.47 bits per heavy atom. The number of rotatable bonds is 7. The van der Waals surface area contributed by atoms with Crippen molar-refractivity contribution in [1.82, 2.24) is 0 Å². The monoisotopic (exact) mass is 490 g/mol. The van der Waals surface area contributed by atoms with Crippen molar-refractivity contribution in [2.45, 2.75) is 18.4 Å². The Labute approximate surface area is 204 Å². The third kappa shape index (κ3) is 5.14. The lowest BCUT2D eigenvalue weighted by molar-refractivity contribution is 0.102. The van der Waals surface area contributed by atoms with E-state index in [-0.39, 0.29) is 17.0 Å². The van der Waals surface area contributed by atoms with Gasteiger partial charge in [0, 0.05) is 10.7 Å². The Morgan fingerprint density at radius 3 is 2.15 bits per heavy atom. The first-order valence-electron chi connectivity index (χ1n) is 10.6. The number of hydrogen-bond donors (Lipinski definition) is 1. The molecule has 1 amide bonds. The van der Waals surface area contributed by atoms with Crippen molar-refractivity contribution in [2.24, 2.45) is 0 Å². The molecule has 0 bridgehead atoms. The number of carbonyl (C=O) groups is 1. The Kier molecular flexibility index (Phi) is 7.01. The molecule has 34 heavy (non-hydrogen) atoms. The lowest BCUT2D eigenvalue weighted by Gasteiger charge is -2.26. The molecular weight excluding hydrogens is 468 g/mol. The van der Waals surface area contributed by atoms with Crippen LogP contribution in [0.2, 0.25) is 5.02 Å². The van der Waals surface area contributed by atoms with E-state index in [1.807, 2.05) is 37.3 Å². The van der Waals surface area contributed by atoms with Crippen LogP contribution < -0.4 is 9.62 Å². The normalized spacial score (nSPS) is 11.1. The molecule has 1 N–H and O–H groups in total. The van der Waals surface area contributed by atoms with E-state index < -0.39 is 15.9 Å². The summed E-state index contributed by atoms with van der Waals surface area (Å²) in [6, 6.07) is 29.4. The van der Waals surface area contributed by atoms with E-state index in [0.29, 0.717) is 16.4 Å².